The molecule has 1 aliphatic heterocycles. The van der Waals surface area contributed by atoms with Crippen LogP contribution in [0.2, 0.25) is 0 Å². The molecule has 1 fully saturated rings. The number of amides is 2. The van der Waals surface area contributed by atoms with Crippen molar-refractivity contribution in [1.82, 2.24) is 33.0 Å². The molecule has 1 aromatic carbocycles. The van der Waals surface area contributed by atoms with Gasteiger partial charge in [-0.15, -0.1) is 9.19 Å². The second-order valence-corrected chi connectivity index (χ2v) is 13.8. The van der Waals surface area contributed by atoms with Gasteiger partial charge in [-0.2, -0.15) is 18.4 Å². The van der Waals surface area contributed by atoms with Crippen molar-refractivity contribution in [1.29, 1.82) is 0 Å². The summed E-state index contributed by atoms with van der Waals surface area (Å²) in [5.74, 6) is -0.951. The smallest absolute Gasteiger partial charge is 0.284 e. The number of carbonyl (C=O) groups is 2. The van der Waals surface area contributed by atoms with Crippen LogP contribution in [0.15, 0.2) is 58.6 Å². The lowest BCUT2D eigenvalue weighted by Gasteiger charge is -2.30. The van der Waals surface area contributed by atoms with Crippen LogP contribution >= 0.6 is 0 Å². The minimum absolute atomic E-state index is 0.0757. The first kappa shape index (κ1) is 30.7. The van der Waals surface area contributed by atoms with Crippen molar-refractivity contribution in [2.75, 3.05) is 35.3 Å². The third-order valence-electron chi connectivity index (χ3n) is 6.72. The van der Waals surface area contributed by atoms with Gasteiger partial charge in [-0.1, -0.05) is 0 Å². The summed E-state index contributed by atoms with van der Waals surface area (Å²) in [6.07, 6.45) is 4.75. The second kappa shape index (κ2) is 12.1. The molecule has 0 saturated carbocycles. The van der Waals surface area contributed by atoms with Gasteiger partial charge in [0.2, 0.25) is 33.7 Å². The molecule has 0 radical (unpaired) electrons. The van der Waals surface area contributed by atoms with Crippen LogP contribution in [0.4, 0.5) is 17.6 Å². The molecule has 4 heterocycles. The van der Waals surface area contributed by atoms with Crippen molar-refractivity contribution >= 4 is 60.5 Å². The molecule has 1 saturated heterocycles. The summed E-state index contributed by atoms with van der Waals surface area (Å²) in [7, 11) is -7.38. The van der Waals surface area contributed by atoms with Gasteiger partial charge in [-0.25, -0.2) is 17.7 Å². The zero-order chi connectivity index (χ0) is 31.6. The summed E-state index contributed by atoms with van der Waals surface area (Å²) in [6, 6.07) is 8.06. The number of anilines is 3. The molecule has 3 aromatic heterocycles. The van der Waals surface area contributed by atoms with Gasteiger partial charge in [0.25, 0.3) is 15.6 Å². The van der Waals surface area contributed by atoms with E-state index in [1.807, 2.05) is 0 Å². The summed E-state index contributed by atoms with van der Waals surface area (Å²) < 4.78 is 52.5. The van der Waals surface area contributed by atoms with Crippen LogP contribution in [-0.2, 0) is 36.2 Å². The number of carbonyl (C=O) groups excluding carboxylic acids is 2. The molecule has 5 rings (SSSR count). The molecular weight excluding hydrogens is 616 g/mol. The molecule has 17 nitrogen and oxygen atoms in total. The number of piperidine rings is 1. The predicted molar refractivity (Wildman–Crippen MR) is 159 cm³/mol. The Morgan fingerprint density at radius 2 is 1.66 bits per heavy atom. The highest BCUT2D eigenvalue weighted by atomic mass is 32.2. The van der Waals surface area contributed by atoms with E-state index < -0.39 is 37.4 Å². The predicted octanol–water partition coefficient (Wildman–Crippen LogP) is 0.0530. The first-order valence-corrected chi connectivity index (χ1v) is 16.5. The fourth-order valence-corrected chi connectivity index (χ4v) is 6.48. The van der Waals surface area contributed by atoms with E-state index in [1.54, 1.807) is 6.07 Å². The van der Waals surface area contributed by atoms with Crippen LogP contribution in [-0.4, -0.2) is 87.0 Å². The molecule has 0 unspecified atom stereocenters. The third kappa shape index (κ3) is 6.90. The Bertz CT molecular complexity index is 2000. The van der Waals surface area contributed by atoms with Crippen molar-refractivity contribution in [3.05, 3.63) is 59.3 Å². The van der Waals surface area contributed by atoms with Crippen molar-refractivity contribution in [2.24, 2.45) is 0 Å². The lowest BCUT2D eigenvalue weighted by atomic mass is 10.1. The maximum atomic E-state index is 12.9. The van der Waals surface area contributed by atoms with Crippen LogP contribution in [0.3, 0.4) is 0 Å². The maximum absolute atomic E-state index is 12.9. The maximum Gasteiger partial charge on any atom is 0.284 e. The number of rotatable bonds is 9. The van der Waals surface area contributed by atoms with Gasteiger partial charge in [-0.3, -0.25) is 24.3 Å². The molecule has 3 N–H and O–H groups in total. The normalized spacial score (nSPS) is 14.8. The van der Waals surface area contributed by atoms with E-state index in [9.17, 15) is 31.2 Å². The van der Waals surface area contributed by atoms with Gasteiger partial charge in [0.15, 0.2) is 0 Å². The van der Waals surface area contributed by atoms with E-state index >= 15 is 0 Å². The second-order valence-electron chi connectivity index (χ2n) is 10.0. The van der Waals surface area contributed by atoms with Crippen molar-refractivity contribution in [3.63, 3.8) is 0 Å². The highest BCUT2D eigenvalue weighted by Gasteiger charge is 2.25. The molecular formula is C25H28N10O7S2. The number of aromatic nitrogens is 6. The van der Waals surface area contributed by atoms with Crippen molar-refractivity contribution in [2.45, 2.75) is 37.2 Å². The number of nitrogens with one attached hydrogen (secondary N) is 3. The lowest BCUT2D eigenvalue weighted by Crippen LogP contribution is -2.42. The molecule has 2 amide bonds. The number of fused-ring (bicyclic) bond motifs is 1. The van der Waals surface area contributed by atoms with E-state index in [1.165, 1.54) is 58.6 Å². The SMILES string of the molecule is CC(=O)Nc1ncn(S(=O)(=O)c2ccc(NC(=O)Cn3c(=O)ccc4cnc(NC5CCN(S(C)(=O)=O)CC5)nc43)cc2)n1. The minimum atomic E-state index is -4.12. The third-order valence-corrected chi connectivity index (χ3v) is 9.56. The topological polar surface area (TPSA) is 220 Å². The lowest BCUT2D eigenvalue weighted by molar-refractivity contribution is -0.117. The average molecular weight is 645 g/mol. The summed E-state index contributed by atoms with van der Waals surface area (Å²) in [6.45, 7) is 1.58. The fourth-order valence-electron chi connectivity index (χ4n) is 4.55. The number of pyridine rings is 1. The standard InChI is InChI=1S/C25H28N10O7S2/c1-16(36)28-25-27-15-35(32-25)44(41,42)20-6-4-18(5-7-20)29-21(37)14-34-22(38)8-3-17-13-26-24(31-23(17)34)30-19-9-11-33(12-10-19)43(2,39)40/h3-8,13,15,19H,9-12,14H2,1-2H3,(H,29,37)(H,26,30,31)(H,28,32,36). The van der Waals surface area contributed by atoms with Gasteiger partial charge < -0.3 is 10.6 Å². The molecule has 0 atom stereocenters. The van der Waals surface area contributed by atoms with Crippen LogP contribution in [0.5, 0.6) is 0 Å². The molecule has 1 aliphatic rings. The first-order chi connectivity index (χ1) is 20.8. The highest BCUT2D eigenvalue weighted by molar-refractivity contribution is 7.89. The Kier molecular flexibility index (Phi) is 8.44. The number of sulfonamides is 1. The summed E-state index contributed by atoms with van der Waals surface area (Å²) in [5.41, 5.74) is 0.0375. The zero-order valence-corrected chi connectivity index (χ0v) is 25.2. The van der Waals surface area contributed by atoms with Crippen molar-refractivity contribution in [3.8, 4) is 0 Å². The molecule has 0 aliphatic carbocycles. The minimum Gasteiger partial charge on any atom is -0.351 e. The van der Waals surface area contributed by atoms with Crippen LogP contribution in [0.25, 0.3) is 11.0 Å². The number of hydrogen-bond donors (Lipinski definition) is 3. The Labute approximate surface area is 251 Å². The first-order valence-electron chi connectivity index (χ1n) is 13.2. The number of benzene rings is 1. The van der Waals surface area contributed by atoms with E-state index in [2.05, 4.69) is 36.0 Å². The highest BCUT2D eigenvalue weighted by Crippen LogP contribution is 2.19. The Morgan fingerprint density at radius 1 is 0.955 bits per heavy atom. The van der Waals surface area contributed by atoms with Gasteiger partial charge in [-0.05, 0) is 43.2 Å². The van der Waals surface area contributed by atoms with E-state index in [0.717, 1.165) is 6.33 Å². The quantitative estimate of drug-likeness (QED) is 0.220. The molecule has 19 heteroatoms. The average Bonchev–Trinajstić information content (AvgIpc) is 3.43. The van der Waals surface area contributed by atoms with E-state index in [4.69, 9.17) is 0 Å². The Morgan fingerprint density at radius 3 is 2.32 bits per heavy atom. The van der Waals surface area contributed by atoms with Gasteiger partial charge in [0.05, 0.1) is 11.2 Å². The fraction of sp³-hybridized carbons (Fsp3) is 0.320. The Balaban J connectivity index is 1.27. The van der Waals surface area contributed by atoms with Crippen molar-refractivity contribution < 1.29 is 26.4 Å². The molecule has 4 aromatic rings. The van der Waals surface area contributed by atoms with Crippen LogP contribution in [0, 0.1) is 0 Å². The van der Waals surface area contributed by atoms with Crippen LogP contribution in [0.1, 0.15) is 19.8 Å². The summed E-state index contributed by atoms with van der Waals surface area (Å²) in [4.78, 5) is 49.2. The van der Waals surface area contributed by atoms with Crippen LogP contribution < -0.4 is 21.5 Å². The van der Waals surface area contributed by atoms with Gasteiger partial charge in [0.1, 0.15) is 18.5 Å². The van der Waals surface area contributed by atoms with E-state index in [-0.39, 0.29) is 40.7 Å². The number of nitrogens with zero attached hydrogens (tertiary/aromatic N) is 7. The molecule has 0 bridgehead atoms. The van der Waals surface area contributed by atoms with E-state index in [0.29, 0.717) is 35.4 Å². The summed E-state index contributed by atoms with van der Waals surface area (Å²) >= 11 is 0. The Hall–Kier alpha value is -4.75. The number of hydrogen-bond acceptors (Lipinski definition) is 12. The molecule has 44 heavy (non-hydrogen) atoms. The molecule has 0 spiro atoms. The zero-order valence-electron chi connectivity index (χ0n) is 23.5. The van der Waals surface area contributed by atoms with Gasteiger partial charge >= 0.3 is 0 Å². The van der Waals surface area contributed by atoms with Gasteiger partial charge in [0, 0.05) is 49.4 Å². The largest absolute Gasteiger partial charge is 0.351 e. The molecule has 232 valence electrons. The monoisotopic (exact) mass is 644 g/mol. The summed E-state index contributed by atoms with van der Waals surface area (Å²) in [5, 5.41) is 12.4.